The van der Waals surface area contributed by atoms with E-state index in [1.165, 1.54) is 0 Å². The highest BCUT2D eigenvalue weighted by molar-refractivity contribution is 5.94. The first-order chi connectivity index (χ1) is 11.2. The number of hydrogen-bond acceptors (Lipinski definition) is 4. The molecule has 0 radical (unpaired) electrons. The van der Waals surface area contributed by atoms with Crippen molar-refractivity contribution in [3.63, 3.8) is 0 Å². The van der Waals surface area contributed by atoms with Crippen LogP contribution in [0.15, 0.2) is 42.6 Å². The minimum atomic E-state index is -0.0945. The monoisotopic (exact) mass is 305 g/mol. The Kier molecular flexibility index (Phi) is 3.15. The fourth-order valence-electron chi connectivity index (χ4n) is 2.69. The molecule has 0 fully saturated rings. The van der Waals surface area contributed by atoms with Crippen molar-refractivity contribution in [2.75, 3.05) is 6.54 Å². The molecule has 3 heterocycles. The predicted molar refractivity (Wildman–Crippen MR) is 85.8 cm³/mol. The molecule has 1 aromatic carbocycles. The molecule has 0 bridgehead atoms. The maximum atomic E-state index is 11.9. The minimum absolute atomic E-state index is 0.0945. The van der Waals surface area contributed by atoms with E-state index in [2.05, 4.69) is 20.4 Å². The van der Waals surface area contributed by atoms with Crippen molar-refractivity contribution in [2.24, 2.45) is 0 Å². The Labute approximate surface area is 133 Å². The van der Waals surface area contributed by atoms with Gasteiger partial charge in [0.15, 0.2) is 5.82 Å². The predicted octanol–water partition coefficient (Wildman–Crippen LogP) is 2.06. The minimum Gasteiger partial charge on any atom is -0.349 e. The summed E-state index contributed by atoms with van der Waals surface area (Å²) >= 11 is 0. The molecule has 114 valence electrons. The molecule has 0 saturated heterocycles. The van der Waals surface area contributed by atoms with Gasteiger partial charge in [-0.25, -0.2) is 9.97 Å². The molecule has 6 nitrogen and oxygen atoms in total. The summed E-state index contributed by atoms with van der Waals surface area (Å²) in [6.45, 7) is 3.32. The van der Waals surface area contributed by atoms with Crippen molar-refractivity contribution in [1.82, 2.24) is 25.1 Å². The maximum absolute atomic E-state index is 11.9. The molecule has 1 N–H and O–H groups in total. The SMILES string of the molecule is Cc1cccc(-c2nccc(-c3cc4n(n3)CCNC4=O)n2)c1. The zero-order valence-corrected chi connectivity index (χ0v) is 12.7. The van der Waals surface area contributed by atoms with Gasteiger partial charge in [0.2, 0.25) is 0 Å². The van der Waals surface area contributed by atoms with Gasteiger partial charge in [-0.1, -0.05) is 23.8 Å². The Morgan fingerprint density at radius 3 is 2.91 bits per heavy atom. The average molecular weight is 305 g/mol. The number of aromatic nitrogens is 4. The van der Waals surface area contributed by atoms with Crippen molar-refractivity contribution in [3.8, 4) is 22.8 Å². The third-order valence-electron chi connectivity index (χ3n) is 3.82. The molecule has 1 aliphatic rings. The van der Waals surface area contributed by atoms with Crippen LogP contribution in [0.25, 0.3) is 22.8 Å². The average Bonchev–Trinajstić information content (AvgIpc) is 3.01. The quantitative estimate of drug-likeness (QED) is 0.786. The molecule has 3 aromatic rings. The number of nitrogens with zero attached hydrogens (tertiary/aromatic N) is 4. The smallest absolute Gasteiger partial charge is 0.269 e. The van der Waals surface area contributed by atoms with E-state index in [0.29, 0.717) is 36.0 Å². The number of fused-ring (bicyclic) bond motifs is 1. The summed E-state index contributed by atoms with van der Waals surface area (Å²) in [5.41, 5.74) is 4.10. The summed E-state index contributed by atoms with van der Waals surface area (Å²) in [5, 5.41) is 7.30. The highest BCUT2D eigenvalue weighted by Gasteiger charge is 2.20. The third kappa shape index (κ3) is 2.48. The van der Waals surface area contributed by atoms with E-state index in [4.69, 9.17) is 0 Å². The zero-order valence-electron chi connectivity index (χ0n) is 12.7. The second-order valence-electron chi connectivity index (χ2n) is 5.53. The summed E-state index contributed by atoms with van der Waals surface area (Å²) < 4.78 is 1.72. The molecular weight excluding hydrogens is 290 g/mol. The summed E-state index contributed by atoms with van der Waals surface area (Å²) in [7, 11) is 0. The van der Waals surface area contributed by atoms with Gasteiger partial charge in [0.05, 0.1) is 12.2 Å². The van der Waals surface area contributed by atoms with Gasteiger partial charge in [-0.2, -0.15) is 5.10 Å². The highest BCUT2D eigenvalue weighted by atomic mass is 16.2. The van der Waals surface area contributed by atoms with E-state index in [1.807, 2.05) is 37.3 Å². The number of carbonyl (C=O) groups excluding carboxylic acids is 1. The van der Waals surface area contributed by atoms with Crippen molar-refractivity contribution < 1.29 is 4.79 Å². The molecule has 0 saturated carbocycles. The first-order valence-corrected chi connectivity index (χ1v) is 7.47. The van der Waals surface area contributed by atoms with E-state index in [-0.39, 0.29) is 5.91 Å². The summed E-state index contributed by atoms with van der Waals surface area (Å²) in [6.07, 6.45) is 1.72. The van der Waals surface area contributed by atoms with Crippen LogP contribution in [-0.4, -0.2) is 32.2 Å². The fourth-order valence-corrected chi connectivity index (χ4v) is 2.69. The van der Waals surface area contributed by atoms with Gasteiger partial charge < -0.3 is 5.32 Å². The van der Waals surface area contributed by atoms with E-state index >= 15 is 0 Å². The number of benzene rings is 1. The van der Waals surface area contributed by atoms with E-state index < -0.39 is 0 Å². The lowest BCUT2D eigenvalue weighted by molar-refractivity contribution is 0.0924. The lowest BCUT2D eigenvalue weighted by Gasteiger charge is -2.13. The Bertz CT molecular complexity index is 900. The number of carbonyl (C=O) groups is 1. The van der Waals surface area contributed by atoms with Crippen LogP contribution in [0.3, 0.4) is 0 Å². The number of hydrogen-bond donors (Lipinski definition) is 1. The van der Waals surface area contributed by atoms with Crippen LogP contribution in [0.2, 0.25) is 0 Å². The van der Waals surface area contributed by atoms with Gasteiger partial charge in [0.1, 0.15) is 11.4 Å². The Balaban J connectivity index is 1.76. The van der Waals surface area contributed by atoms with E-state index in [1.54, 1.807) is 16.9 Å². The zero-order chi connectivity index (χ0) is 15.8. The van der Waals surface area contributed by atoms with E-state index in [9.17, 15) is 4.79 Å². The lowest BCUT2D eigenvalue weighted by atomic mass is 10.1. The molecule has 0 atom stereocenters. The molecule has 2 aromatic heterocycles. The molecule has 0 spiro atoms. The van der Waals surface area contributed by atoms with Crippen molar-refractivity contribution in [2.45, 2.75) is 13.5 Å². The van der Waals surface area contributed by atoms with Gasteiger partial charge in [0.25, 0.3) is 5.91 Å². The number of aryl methyl sites for hydroxylation is 1. The van der Waals surface area contributed by atoms with Gasteiger partial charge in [-0.3, -0.25) is 9.48 Å². The van der Waals surface area contributed by atoms with Gasteiger partial charge >= 0.3 is 0 Å². The Morgan fingerprint density at radius 1 is 1.17 bits per heavy atom. The van der Waals surface area contributed by atoms with Crippen molar-refractivity contribution in [3.05, 3.63) is 53.9 Å². The second-order valence-corrected chi connectivity index (χ2v) is 5.53. The summed E-state index contributed by atoms with van der Waals surface area (Å²) in [6, 6.07) is 11.6. The second kappa shape index (κ2) is 5.31. The summed E-state index contributed by atoms with van der Waals surface area (Å²) in [4.78, 5) is 20.8. The lowest BCUT2D eigenvalue weighted by Crippen LogP contribution is -2.35. The Morgan fingerprint density at radius 2 is 2.09 bits per heavy atom. The maximum Gasteiger partial charge on any atom is 0.269 e. The normalized spacial score (nSPS) is 13.5. The third-order valence-corrected chi connectivity index (χ3v) is 3.82. The fraction of sp³-hybridized carbons (Fsp3) is 0.176. The molecule has 23 heavy (non-hydrogen) atoms. The van der Waals surface area contributed by atoms with E-state index in [0.717, 1.165) is 11.1 Å². The number of amides is 1. The highest BCUT2D eigenvalue weighted by Crippen LogP contribution is 2.22. The molecule has 1 amide bonds. The molecule has 0 unspecified atom stereocenters. The number of nitrogens with one attached hydrogen (secondary N) is 1. The molecule has 4 rings (SSSR count). The van der Waals surface area contributed by atoms with Gasteiger partial charge in [-0.15, -0.1) is 0 Å². The first kappa shape index (κ1) is 13.6. The van der Waals surface area contributed by atoms with Crippen LogP contribution in [0.5, 0.6) is 0 Å². The molecular formula is C17H15N5O. The topological polar surface area (TPSA) is 72.7 Å². The molecule has 1 aliphatic heterocycles. The Hall–Kier alpha value is -3.02. The standard InChI is InChI=1S/C17H15N5O/c1-11-3-2-4-12(9-11)16-18-6-5-13(20-16)14-10-15-17(23)19-7-8-22(15)21-14/h2-6,9-10H,7-8H2,1H3,(H,19,23). The van der Waals surface area contributed by atoms with Crippen molar-refractivity contribution >= 4 is 5.91 Å². The van der Waals surface area contributed by atoms with Crippen molar-refractivity contribution in [1.29, 1.82) is 0 Å². The van der Waals surface area contributed by atoms with Crippen LogP contribution in [0, 0.1) is 6.92 Å². The van der Waals surface area contributed by atoms with Crippen LogP contribution >= 0.6 is 0 Å². The van der Waals surface area contributed by atoms with Crippen LogP contribution < -0.4 is 5.32 Å². The summed E-state index contributed by atoms with van der Waals surface area (Å²) in [5.74, 6) is 0.560. The number of rotatable bonds is 2. The molecule has 0 aliphatic carbocycles. The first-order valence-electron chi connectivity index (χ1n) is 7.47. The van der Waals surface area contributed by atoms with Crippen LogP contribution in [0.4, 0.5) is 0 Å². The van der Waals surface area contributed by atoms with Gasteiger partial charge in [0, 0.05) is 18.3 Å². The van der Waals surface area contributed by atoms with Crippen LogP contribution in [0.1, 0.15) is 16.1 Å². The van der Waals surface area contributed by atoms with Crippen LogP contribution in [-0.2, 0) is 6.54 Å². The largest absolute Gasteiger partial charge is 0.349 e. The van der Waals surface area contributed by atoms with Gasteiger partial charge in [-0.05, 0) is 25.1 Å². The molecule has 6 heteroatoms.